The number of hydrogen-bond donors (Lipinski definition) is 1. The number of amides is 1. The number of carbonyl (C=O) groups excluding carboxylic acids is 1. The third-order valence-electron chi connectivity index (χ3n) is 2.73. The highest BCUT2D eigenvalue weighted by atomic mass is 79.9. The molecule has 102 valence electrons. The monoisotopic (exact) mass is 405 g/mol. The van der Waals surface area contributed by atoms with Crippen LogP contribution in [0.1, 0.15) is 33.9 Å². The molecule has 2 aromatic rings. The predicted octanol–water partition coefficient (Wildman–Crippen LogP) is 3.81. The first-order chi connectivity index (χ1) is 8.88. The van der Waals surface area contributed by atoms with Gasteiger partial charge < -0.3 is 5.32 Å². The Balaban J connectivity index is 2.12. The van der Waals surface area contributed by atoms with Gasteiger partial charge in [0.15, 0.2) is 0 Å². The molecule has 0 saturated carbocycles. The lowest BCUT2D eigenvalue weighted by molar-refractivity contribution is 0.0944. The lowest BCUT2D eigenvalue weighted by Gasteiger charge is -2.12. The summed E-state index contributed by atoms with van der Waals surface area (Å²) in [6, 6.07) is 1.74. The zero-order valence-electron chi connectivity index (χ0n) is 10.7. The van der Waals surface area contributed by atoms with Gasteiger partial charge in [-0.1, -0.05) is 0 Å². The number of thiophene rings is 1. The lowest BCUT2D eigenvalue weighted by Crippen LogP contribution is -2.26. The molecule has 1 N–H and O–H groups in total. The van der Waals surface area contributed by atoms with E-state index in [1.165, 1.54) is 11.3 Å². The van der Waals surface area contributed by atoms with E-state index in [1.807, 2.05) is 33.2 Å². The first-order valence-electron chi connectivity index (χ1n) is 5.64. The Morgan fingerprint density at radius 3 is 2.68 bits per heavy atom. The van der Waals surface area contributed by atoms with Gasteiger partial charge in [0, 0.05) is 23.3 Å². The number of rotatable bonds is 3. The molecule has 19 heavy (non-hydrogen) atoms. The van der Waals surface area contributed by atoms with Crippen molar-refractivity contribution in [1.82, 2.24) is 15.1 Å². The molecule has 0 radical (unpaired) electrons. The van der Waals surface area contributed by atoms with Crippen LogP contribution in [0.15, 0.2) is 20.5 Å². The fourth-order valence-electron chi connectivity index (χ4n) is 1.85. The van der Waals surface area contributed by atoms with Crippen LogP contribution in [0.3, 0.4) is 0 Å². The highest BCUT2D eigenvalue weighted by Gasteiger charge is 2.17. The van der Waals surface area contributed by atoms with Gasteiger partial charge in [-0.3, -0.25) is 9.48 Å². The van der Waals surface area contributed by atoms with Crippen LogP contribution in [-0.2, 0) is 7.05 Å². The quantitative estimate of drug-likeness (QED) is 0.842. The number of aromatic nitrogens is 2. The number of carbonyl (C=O) groups is 1. The number of hydrogen-bond acceptors (Lipinski definition) is 3. The van der Waals surface area contributed by atoms with Crippen LogP contribution in [0.25, 0.3) is 0 Å². The summed E-state index contributed by atoms with van der Waals surface area (Å²) < 4.78 is 3.57. The molecule has 2 heterocycles. The average Bonchev–Trinajstić information content (AvgIpc) is 2.82. The fraction of sp³-hybridized carbons (Fsp3) is 0.333. The van der Waals surface area contributed by atoms with E-state index in [-0.39, 0.29) is 11.9 Å². The van der Waals surface area contributed by atoms with Crippen molar-refractivity contribution in [2.75, 3.05) is 0 Å². The van der Waals surface area contributed by atoms with Crippen LogP contribution in [0.4, 0.5) is 0 Å². The standard InChI is InChI=1S/C12H13Br2N3OS/c1-6(8-5-17(3)16-7(8)2)15-12(18)10-4-9(13)11(14)19-10/h4-6H,1-3H3,(H,15,18). The maximum absolute atomic E-state index is 12.1. The summed E-state index contributed by atoms with van der Waals surface area (Å²) in [4.78, 5) is 12.8. The summed E-state index contributed by atoms with van der Waals surface area (Å²) in [6.45, 7) is 3.90. The maximum atomic E-state index is 12.1. The van der Waals surface area contributed by atoms with Crippen molar-refractivity contribution in [2.45, 2.75) is 19.9 Å². The summed E-state index contributed by atoms with van der Waals surface area (Å²) in [5.41, 5.74) is 1.97. The van der Waals surface area contributed by atoms with Gasteiger partial charge in [0.2, 0.25) is 0 Å². The molecule has 0 fully saturated rings. The van der Waals surface area contributed by atoms with Crippen molar-refractivity contribution in [2.24, 2.45) is 7.05 Å². The second-order valence-corrected chi connectivity index (χ2v) is 7.50. The van der Waals surface area contributed by atoms with Gasteiger partial charge in [0.1, 0.15) is 0 Å². The first-order valence-corrected chi connectivity index (χ1v) is 8.04. The zero-order valence-corrected chi connectivity index (χ0v) is 14.7. The molecular formula is C12H13Br2N3OS. The van der Waals surface area contributed by atoms with Gasteiger partial charge in [-0.15, -0.1) is 11.3 Å². The minimum atomic E-state index is -0.0767. The molecule has 2 rings (SSSR count). The van der Waals surface area contributed by atoms with Crippen LogP contribution < -0.4 is 5.32 Å². The van der Waals surface area contributed by atoms with Crippen molar-refractivity contribution in [1.29, 1.82) is 0 Å². The van der Waals surface area contributed by atoms with Crippen molar-refractivity contribution in [3.05, 3.63) is 36.7 Å². The predicted molar refractivity (Wildman–Crippen MR) is 83.5 cm³/mol. The third kappa shape index (κ3) is 3.27. The van der Waals surface area contributed by atoms with Crippen LogP contribution in [0.5, 0.6) is 0 Å². The summed E-state index contributed by atoms with van der Waals surface area (Å²) >= 11 is 8.18. The number of nitrogens with zero attached hydrogens (tertiary/aromatic N) is 2. The van der Waals surface area contributed by atoms with Crippen LogP contribution in [-0.4, -0.2) is 15.7 Å². The Kier molecular flexibility index (Phi) is 4.47. The van der Waals surface area contributed by atoms with Gasteiger partial charge in [0.05, 0.1) is 20.4 Å². The molecule has 1 amide bonds. The van der Waals surface area contributed by atoms with Crippen molar-refractivity contribution < 1.29 is 4.79 Å². The Morgan fingerprint density at radius 1 is 1.53 bits per heavy atom. The van der Waals surface area contributed by atoms with E-state index in [0.29, 0.717) is 4.88 Å². The molecule has 2 aromatic heterocycles. The van der Waals surface area contributed by atoms with Crippen LogP contribution in [0.2, 0.25) is 0 Å². The zero-order chi connectivity index (χ0) is 14.2. The second kappa shape index (κ2) is 5.76. The molecule has 0 saturated heterocycles. The van der Waals surface area contributed by atoms with Crippen molar-refractivity contribution >= 4 is 49.1 Å². The van der Waals surface area contributed by atoms with E-state index in [1.54, 1.807) is 4.68 Å². The second-order valence-electron chi connectivity index (χ2n) is 4.27. The van der Waals surface area contributed by atoms with Gasteiger partial charge in [-0.2, -0.15) is 5.10 Å². The van der Waals surface area contributed by atoms with E-state index < -0.39 is 0 Å². The lowest BCUT2D eigenvalue weighted by atomic mass is 10.1. The number of halogens is 2. The van der Waals surface area contributed by atoms with Crippen molar-refractivity contribution in [3.8, 4) is 0 Å². The fourth-order valence-corrected chi connectivity index (χ4v) is 3.79. The van der Waals surface area contributed by atoms with Gasteiger partial charge >= 0.3 is 0 Å². The summed E-state index contributed by atoms with van der Waals surface area (Å²) in [6.07, 6.45) is 1.93. The molecule has 0 spiro atoms. The van der Waals surface area contributed by atoms with Gasteiger partial charge in [0.25, 0.3) is 5.91 Å². The Hall–Kier alpha value is -0.660. The number of aryl methyl sites for hydroxylation is 2. The molecule has 0 aromatic carbocycles. The van der Waals surface area contributed by atoms with Gasteiger partial charge in [-0.05, 0) is 51.8 Å². The minimum absolute atomic E-state index is 0.0687. The Bertz CT molecular complexity index is 601. The maximum Gasteiger partial charge on any atom is 0.261 e. The van der Waals surface area contributed by atoms with E-state index in [0.717, 1.165) is 19.5 Å². The SMILES string of the molecule is Cc1nn(C)cc1C(C)NC(=O)c1cc(Br)c(Br)s1. The molecule has 0 aliphatic carbocycles. The van der Waals surface area contributed by atoms with Gasteiger partial charge in [-0.25, -0.2) is 0 Å². The normalized spacial score (nSPS) is 12.5. The summed E-state index contributed by atoms with van der Waals surface area (Å²) in [5, 5.41) is 7.27. The highest BCUT2D eigenvalue weighted by Crippen LogP contribution is 2.32. The summed E-state index contributed by atoms with van der Waals surface area (Å²) in [7, 11) is 1.87. The summed E-state index contributed by atoms with van der Waals surface area (Å²) in [5.74, 6) is -0.0767. The van der Waals surface area contributed by atoms with E-state index in [2.05, 4.69) is 42.3 Å². The molecular weight excluding hydrogens is 394 g/mol. The van der Waals surface area contributed by atoms with E-state index in [4.69, 9.17) is 0 Å². The molecule has 1 atom stereocenters. The van der Waals surface area contributed by atoms with E-state index in [9.17, 15) is 4.79 Å². The molecule has 0 aliphatic rings. The van der Waals surface area contributed by atoms with Crippen LogP contribution in [0, 0.1) is 6.92 Å². The topological polar surface area (TPSA) is 46.9 Å². The molecule has 4 nitrogen and oxygen atoms in total. The smallest absolute Gasteiger partial charge is 0.261 e. The highest BCUT2D eigenvalue weighted by molar-refractivity contribution is 9.13. The Labute approximate surface area is 132 Å². The molecule has 7 heteroatoms. The van der Waals surface area contributed by atoms with E-state index >= 15 is 0 Å². The number of nitrogens with one attached hydrogen (secondary N) is 1. The first kappa shape index (κ1) is 14.7. The molecule has 0 bridgehead atoms. The average molecular weight is 407 g/mol. The van der Waals surface area contributed by atoms with Crippen LogP contribution >= 0.6 is 43.2 Å². The molecule has 0 aliphatic heterocycles. The third-order valence-corrected chi connectivity index (χ3v) is 5.99. The minimum Gasteiger partial charge on any atom is -0.345 e. The van der Waals surface area contributed by atoms with Crippen molar-refractivity contribution in [3.63, 3.8) is 0 Å². The molecule has 1 unspecified atom stereocenters. The Morgan fingerprint density at radius 2 is 2.21 bits per heavy atom. The largest absolute Gasteiger partial charge is 0.345 e.